The molecule has 0 saturated carbocycles. The lowest BCUT2D eigenvalue weighted by Crippen LogP contribution is -2.26. The van der Waals surface area contributed by atoms with E-state index in [1.165, 1.54) is 6.07 Å². The molecule has 0 aliphatic heterocycles. The second-order valence-corrected chi connectivity index (χ2v) is 4.66. The van der Waals surface area contributed by atoms with Gasteiger partial charge in [0.15, 0.2) is 0 Å². The molecular formula is C12H18F3N3. The van der Waals surface area contributed by atoms with Gasteiger partial charge in [0.1, 0.15) is 11.5 Å². The van der Waals surface area contributed by atoms with E-state index in [-0.39, 0.29) is 6.54 Å². The van der Waals surface area contributed by atoms with Gasteiger partial charge in [-0.2, -0.15) is 13.2 Å². The van der Waals surface area contributed by atoms with Crippen molar-refractivity contribution in [3.05, 3.63) is 23.4 Å². The average Bonchev–Trinajstić information content (AvgIpc) is 2.26. The smallest absolute Gasteiger partial charge is 0.359 e. The van der Waals surface area contributed by atoms with E-state index in [2.05, 4.69) is 4.98 Å². The van der Waals surface area contributed by atoms with E-state index in [0.717, 1.165) is 6.07 Å². The molecule has 0 bridgehead atoms. The maximum Gasteiger partial charge on any atom is 0.433 e. The third kappa shape index (κ3) is 3.60. The average molecular weight is 261 g/mol. The van der Waals surface area contributed by atoms with Crippen LogP contribution < -0.4 is 10.6 Å². The Morgan fingerprint density at radius 3 is 2.39 bits per heavy atom. The van der Waals surface area contributed by atoms with Crippen LogP contribution in [0.1, 0.15) is 25.1 Å². The van der Waals surface area contributed by atoms with E-state index in [1.54, 1.807) is 11.9 Å². The SMILES string of the molecule is CC(C)CN(C)c1nc(C(F)(F)F)ccc1CN. The van der Waals surface area contributed by atoms with Crippen molar-refractivity contribution in [3.8, 4) is 0 Å². The molecule has 18 heavy (non-hydrogen) atoms. The number of pyridine rings is 1. The van der Waals surface area contributed by atoms with Gasteiger partial charge >= 0.3 is 6.18 Å². The molecule has 1 rings (SSSR count). The highest BCUT2D eigenvalue weighted by molar-refractivity contribution is 5.47. The third-order valence-corrected chi connectivity index (χ3v) is 2.47. The first-order valence-electron chi connectivity index (χ1n) is 5.74. The third-order valence-electron chi connectivity index (χ3n) is 2.47. The summed E-state index contributed by atoms with van der Waals surface area (Å²) >= 11 is 0. The largest absolute Gasteiger partial charge is 0.433 e. The Kier molecular flexibility index (Phi) is 4.56. The van der Waals surface area contributed by atoms with Crippen molar-refractivity contribution in [2.75, 3.05) is 18.5 Å². The predicted molar refractivity (Wildman–Crippen MR) is 65.2 cm³/mol. The summed E-state index contributed by atoms with van der Waals surface area (Å²) in [5.41, 5.74) is 5.26. The van der Waals surface area contributed by atoms with Crippen LogP contribution in [0.5, 0.6) is 0 Å². The van der Waals surface area contributed by atoms with Crippen molar-refractivity contribution < 1.29 is 13.2 Å². The van der Waals surface area contributed by atoms with E-state index in [0.29, 0.717) is 23.8 Å². The molecule has 0 saturated heterocycles. The van der Waals surface area contributed by atoms with Crippen LogP contribution in [0.2, 0.25) is 0 Å². The van der Waals surface area contributed by atoms with Crippen LogP contribution in [0.3, 0.4) is 0 Å². The molecule has 0 fully saturated rings. The topological polar surface area (TPSA) is 42.2 Å². The molecule has 0 aromatic carbocycles. The van der Waals surface area contributed by atoms with Crippen molar-refractivity contribution >= 4 is 5.82 Å². The van der Waals surface area contributed by atoms with E-state index in [9.17, 15) is 13.2 Å². The minimum Gasteiger partial charge on any atom is -0.359 e. The first kappa shape index (κ1) is 14.8. The molecule has 0 atom stereocenters. The summed E-state index contributed by atoms with van der Waals surface area (Å²) < 4.78 is 37.9. The van der Waals surface area contributed by atoms with Gasteiger partial charge in [-0.3, -0.25) is 0 Å². The first-order valence-corrected chi connectivity index (χ1v) is 5.74. The number of aromatic nitrogens is 1. The van der Waals surface area contributed by atoms with Crippen LogP contribution in [0.4, 0.5) is 19.0 Å². The van der Waals surface area contributed by atoms with Crippen molar-refractivity contribution in [1.82, 2.24) is 4.98 Å². The first-order chi connectivity index (χ1) is 8.25. The molecule has 0 radical (unpaired) electrons. The second-order valence-electron chi connectivity index (χ2n) is 4.66. The lowest BCUT2D eigenvalue weighted by atomic mass is 10.1. The Labute approximate surface area is 105 Å². The van der Waals surface area contributed by atoms with E-state index >= 15 is 0 Å². The summed E-state index contributed by atoms with van der Waals surface area (Å²) in [6.07, 6.45) is -4.43. The summed E-state index contributed by atoms with van der Waals surface area (Å²) in [6.45, 7) is 4.78. The molecule has 1 heterocycles. The summed E-state index contributed by atoms with van der Waals surface area (Å²) in [7, 11) is 1.72. The van der Waals surface area contributed by atoms with Gasteiger partial charge in [0.05, 0.1) is 0 Å². The number of hydrogen-bond acceptors (Lipinski definition) is 3. The second kappa shape index (κ2) is 5.56. The fraction of sp³-hybridized carbons (Fsp3) is 0.583. The molecule has 102 valence electrons. The Balaban J connectivity index is 3.14. The zero-order valence-corrected chi connectivity index (χ0v) is 10.8. The molecule has 0 aliphatic rings. The van der Waals surface area contributed by atoms with Crippen LogP contribution in [0, 0.1) is 5.92 Å². The molecule has 1 aromatic rings. The zero-order valence-electron chi connectivity index (χ0n) is 10.8. The highest BCUT2D eigenvalue weighted by Gasteiger charge is 2.33. The fourth-order valence-corrected chi connectivity index (χ4v) is 1.76. The highest BCUT2D eigenvalue weighted by atomic mass is 19.4. The van der Waals surface area contributed by atoms with Gasteiger partial charge in [0.25, 0.3) is 0 Å². The minimum absolute atomic E-state index is 0.170. The zero-order chi connectivity index (χ0) is 13.9. The maximum absolute atomic E-state index is 12.6. The lowest BCUT2D eigenvalue weighted by Gasteiger charge is -2.23. The van der Waals surface area contributed by atoms with E-state index in [1.807, 2.05) is 13.8 Å². The Morgan fingerprint density at radius 1 is 1.33 bits per heavy atom. The Bertz CT molecular complexity index is 402. The van der Waals surface area contributed by atoms with E-state index < -0.39 is 11.9 Å². The van der Waals surface area contributed by atoms with Gasteiger partial charge in [-0.25, -0.2) is 4.98 Å². The summed E-state index contributed by atoms with van der Waals surface area (Å²) in [5, 5.41) is 0. The molecule has 6 heteroatoms. The number of anilines is 1. The number of rotatable bonds is 4. The normalized spacial score (nSPS) is 12.0. The molecule has 1 aromatic heterocycles. The number of halogens is 3. The monoisotopic (exact) mass is 261 g/mol. The van der Waals surface area contributed by atoms with Crippen molar-refractivity contribution in [3.63, 3.8) is 0 Å². The Morgan fingerprint density at radius 2 is 1.94 bits per heavy atom. The summed E-state index contributed by atoms with van der Waals surface area (Å²) in [5.74, 6) is 0.637. The standard InChI is InChI=1S/C12H18F3N3/c1-8(2)7-18(3)11-9(6-16)4-5-10(17-11)12(13,14)15/h4-5,8H,6-7,16H2,1-3H3. The molecular weight excluding hydrogens is 243 g/mol. The van der Waals surface area contributed by atoms with Crippen molar-refractivity contribution in [1.29, 1.82) is 0 Å². The molecule has 3 nitrogen and oxygen atoms in total. The van der Waals surface area contributed by atoms with Gasteiger partial charge in [-0.05, 0) is 12.0 Å². The molecule has 0 amide bonds. The summed E-state index contributed by atoms with van der Waals surface area (Å²) in [4.78, 5) is 5.40. The number of alkyl halides is 3. The van der Waals surface area contributed by atoms with Gasteiger partial charge in [-0.15, -0.1) is 0 Å². The van der Waals surface area contributed by atoms with Crippen LogP contribution in [-0.4, -0.2) is 18.6 Å². The minimum atomic E-state index is -4.43. The number of nitrogens with two attached hydrogens (primary N) is 1. The molecule has 0 aliphatic carbocycles. The van der Waals surface area contributed by atoms with Crippen LogP contribution in [-0.2, 0) is 12.7 Å². The molecule has 0 unspecified atom stereocenters. The van der Waals surface area contributed by atoms with E-state index in [4.69, 9.17) is 5.73 Å². The van der Waals surface area contributed by atoms with Gasteiger partial charge in [0.2, 0.25) is 0 Å². The van der Waals surface area contributed by atoms with Crippen LogP contribution in [0.15, 0.2) is 12.1 Å². The maximum atomic E-state index is 12.6. The Hall–Kier alpha value is -1.30. The quantitative estimate of drug-likeness (QED) is 0.906. The number of nitrogens with zero attached hydrogens (tertiary/aromatic N) is 2. The summed E-state index contributed by atoms with van der Waals surface area (Å²) in [6, 6.07) is 2.36. The van der Waals surface area contributed by atoms with Gasteiger partial charge in [-0.1, -0.05) is 19.9 Å². The fourth-order valence-electron chi connectivity index (χ4n) is 1.76. The van der Waals surface area contributed by atoms with Crippen molar-refractivity contribution in [2.45, 2.75) is 26.6 Å². The highest BCUT2D eigenvalue weighted by Crippen LogP contribution is 2.30. The van der Waals surface area contributed by atoms with Crippen LogP contribution in [0.25, 0.3) is 0 Å². The number of hydrogen-bond donors (Lipinski definition) is 1. The molecule has 2 N–H and O–H groups in total. The molecule has 0 spiro atoms. The van der Waals surface area contributed by atoms with Crippen molar-refractivity contribution in [2.24, 2.45) is 11.7 Å². The van der Waals surface area contributed by atoms with Crippen LogP contribution >= 0.6 is 0 Å². The van der Waals surface area contributed by atoms with Gasteiger partial charge < -0.3 is 10.6 Å². The van der Waals surface area contributed by atoms with Gasteiger partial charge in [0, 0.05) is 25.7 Å². The predicted octanol–water partition coefficient (Wildman–Crippen LogP) is 2.65. The lowest BCUT2D eigenvalue weighted by molar-refractivity contribution is -0.141.